The second-order valence-electron chi connectivity index (χ2n) is 4.01. The topological polar surface area (TPSA) is 55.2 Å². The van der Waals surface area contributed by atoms with Gasteiger partial charge in [-0.25, -0.2) is 13.4 Å². The van der Waals surface area contributed by atoms with Gasteiger partial charge in [-0.05, 0) is 13.3 Å². The fourth-order valence-electron chi connectivity index (χ4n) is 1.75. The fraction of sp³-hybridized carbons (Fsp3) is 0.727. The summed E-state index contributed by atoms with van der Waals surface area (Å²) in [6.07, 6.45) is 2.58. The number of sulfonamides is 1. The molecule has 0 saturated heterocycles. The summed E-state index contributed by atoms with van der Waals surface area (Å²) in [6.45, 7) is 7.41. The van der Waals surface area contributed by atoms with Crippen LogP contribution in [-0.2, 0) is 16.6 Å². The van der Waals surface area contributed by atoms with E-state index in [-0.39, 0.29) is 5.03 Å². The van der Waals surface area contributed by atoms with Crippen LogP contribution in [0.1, 0.15) is 26.1 Å². The van der Waals surface area contributed by atoms with E-state index in [1.807, 2.05) is 18.4 Å². The van der Waals surface area contributed by atoms with Gasteiger partial charge in [-0.15, -0.1) is 0 Å². The third-order valence-electron chi connectivity index (χ3n) is 2.71. The van der Waals surface area contributed by atoms with Crippen LogP contribution in [0, 0.1) is 6.92 Å². The van der Waals surface area contributed by atoms with Crippen LogP contribution in [0.3, 0.4) is 0 Å². The van der Waals surface area contributed by atoms with Crippen LogP contribution in [0.15, 0.2) is 11.2 Å². The molecule has 0 fully saturated rings. The van der Waals surface area contributed by atoms with Crippen molar-refractivity contribution in [2.45, 2.75) is 38.8 Å². The van der Waals surface area contributed by atoms with E-state index in [9.17, 15) is 8.42 Å². The fourth-order valence-corrected chi connectivity index (χ4v) is 3.85. The molecular weight excluding hydrogens is 318 g/mol. The van der Waals surface area contributed by atoms with Gasteiger partial charge in [0.15, 0.2) is 5.03 Å². The Kier molecular flexibility index (Phi) is 5.81. The van der Waals surface area contributed by atoms with Crippen LogP contribution in [0.25, 0.3) is 0 Å². The summed E-state index contributed by atoms with van der Waals surface area (Å²) in [6, 6.07) is 0. The maximum Gasteiger partial charge on any atom is 0.262 e. The first-order chi connectivity index (χ1) is 8.47. The van der Waals surface area contributed by atoms with E-state index >= 15 is 0 Å². The summed E-state index contributed by atoms with van der Waals surface area (Å²) >= 11 is 3.27. The summed E-state index contributed by atoms with van der Waals surface area (Å²) in [5.74, 6) is 0.741. The molecule has 0 atom stereocenters. The molecule has 1 rings (SSSR count). The van der Waals surface area contributed by atoms with E-state index in [1.165, 1.54) is 4.31 Å². The highest BCUT2D eigenvalue weighted by Crippen LogP contribution is 2.15. The van der Waals surface area contributed by atoms with Gasteiger partial charge < -0.3 is 4.57 Å². The minimum absolute atomic E-state index is 0.149. The molecule has 0 unspecified atom stereocenters. The molecule has 1 heterocycles. The molecule has 0 bridgehead atoms. The summed E-state index contributed by atoms with van der Waals surface area (Å²) in [4.78, 5) is 4.17. The number of rotatable bonds is 7. The Morgan fingerprint density at radius 1 is 1.44 bits per heavy atom. The molecule has 0 aliphatic carbocycles. The van der Waals surface area contributed by atoms with E-state index in [0.29, 0.717) is 18.4 Å². The smallest absolute Gasteiger partial charge is 0.262 e. The molecule has 0 saturated carbocycles. The standard InChI is InChI=1S/C11H20BrN3O2S/c1-4-7-14-9-11(13-10(14)3)18(16,17)15(5-2)8-6-12/h9H,4-8H2,1-3H3. The molecule has 104 valence electrons. The van der Waals surface area contributed by atoms with Crippen LogP contribution in [0.4, 0.5) is 0 Å². The Balaban J connectivity index is 3.07. The highest BCUT2D eigenvalue weighted by Gasteiger charge is 2.25. The molecule has 0 aromatic carbocycles. The zero-order valence-corrected chi connectivity index (χ0v) is 13.5. The first-order valence-electron chi connectivity index (χ1n) is 6.07. The first-order valence-corrected chi connectivity index (χ1v) is 8.63. The Hall–Kier alpha value is -0.400. The van der Waals surface area contributed by atoms with Crippen molar-refractivity contribution in [3.63, 3.8) is 0 Å². The third-order valence-corrected chi connectivity index (χ3v) is 4.91. The van der Waals surface area contributed by atoms with Crippen LogP contribution in [0.5, 0.6) is 0 Å². The maximum atomic E-state index is 12.4. The van der Waals surface area contributed by atoms with E-state index in [2.05, 4.69) is 27.8 Å². The van der Waals surface area contributed by atoms with Gasteiger partial charge in [-0.1, -0.05) is 29.8 Å². The molecule has 0 spiro atoms. The quantitative estimate of drug-likeness (QED) is 0.715. The lowest BCUT2D eigenvalue weighted by Gasteiger charge is -2.17. The van der Waals surface area contributed by atoms with Gasteiger partial charge in [0.05, 0.1) is 0 Å². The Morgan fingerprint density at radius 3 is 2.61 bits per heavy atom. The van der Waals surface area contributed by atoms with E-state index < -0.39 is 10.0 Å². The summed E-state index contributed by atoms with van der Waals surface area (Å²) in [5, 5.41) is 0.769. The van der Waals surface area contributed by atoms with Crippen molar-refractivity contribution in [3.8, 4) is 0 Å². The molecule has 7 heteroatoms. The summed E-state index contributed by atoms with van der Waals surface area (Å²) in [5.41, 5.74) is 0. The molecule has 5 nitrogen and oxygen atoms in total. The van der Waals surface area contributed by atoms with Crippen molar-refractivity contribution in [3.05, 3.63) is 12.0 Å². The van der Waals surface area contributed by atoms with E-state index in [0.717, 1.165) is 18.8 Å². The number of alkyl halides is 1. The second-order valence-corrected chi connectivity index (χ2v) is 6.68. The normalized spacial score (nSPS) is 12.3. The van der Waals surface area contributed by atoms with Gasteiger partial charge in [0.1, 0.15) is 5.82 Å². The van der Waals surface area contributed by atoms with Crippen molar-refractivity contribution in [2.24, 2.45) is 0 Å². The average Bonchev–Trinajstić information content (AvgIpc) is 2.69. The highest BCUT2D eigenvalue weighted by molar-refractivity contribution is 9.09. The van der Waals surface area contributed by atoms with Crippen molar-refractivity contribution in [1.29, 1.82) is 0 Å². The lowest BCUT2D eigenvalue weighted by molar-refractivity contribution is 0.446. The van der Waals surface area contributed by atoms with E-state index in [4.69, 9.17) is 0 Å². The summed E-state index contributed by atoms with van der Waals surface area (Å²) in [7, 11) is -3.46. The molecule has 0 N–H and O–H groups in total. The van der Waals surface area contributed by atoms with Gasteiger partial charge in [-0.3, -0.25) is 0 Å². The minimum atomic E-state index is -3.46. The Morgan fingerprint density at radius 2 is 2.11 bits per heavy atom. The monoisotopic (exact) mass is 337 g/mol. The lowest BCUT2D eigenvalue weighted by atomic mass is 10.5. The molecule has 18 heavy (non-hydrogen) atoms. The molecule has 0 aliphatic rings. The van der Waals surface area contributed by atoms with Gasteiger partial charge >= 0.3 is 0 Å². The predicted molar refractivity (Wildman–Crippen MR) is 75.5 cm³/mol. The summed E-state index contributed by atoms with van der Waals surface area (Å²) < 4.78 is 28.0. The molecule has 0 radical (unpaired) electrons. The van der Waals surface area contributed by atoms with Gasteiger partial charge in [0.25, 0.3) is 10.0 Å². The zero-order valence-electron chi connectivity index (χ0n) is 11.1. The maximum absolute atomic E-state index is 12.4. The number of halogens is 1. The number of imidazole rings is 1. The van der Waals surface area contributed by atoms with Crippen LogP contribution in [-0.4, -0.2) is 40.7 Å². The SMILES string of the molecule is CCCn1cc(S(=O)(=O)N(CC)CCBr)nc1C. The Labute approximate surface area is 117 Å². The van der Waals surface area contributed by atoms with Crippen molar-refractivity contribution in [1.82, 2.24) is 13.9 Å². The van der Waals surface area contributed by atoms with Crippen LogP contribution < -0.4 is 0 Å². The average molecular weight is 338 g/mol. The highest BCUT2D eigenvalue weighted by atomic mass is 79.9. The van der Waals surface area contributed by atoms with Gasteiger partial charge in [-0.2, -0.15) is 4.31 Å². The van der Waals surface area contributed by atoms with Crippen molar-refractivity contribution >= 4 is 26.0 Å². The number of nitrogens with zero attached hydrogens (tertiary/aromatic N) is 3. The minimum Gasteiger partial charge on any atom is -0.334 e. The number of aryl methyl sites for hydroxylation is 2. The van der Waals surface area contributed by atoms with Crippen LogP contribution in [0.2, 0.25) is 0 Å². The van der Waals surface area contributed by atoms with Crippen molar-refractivity contribution < 1.29 is 8.42 Å². The zero-order chi connectivity index (χ0) is 13.8. The first kappa shape index (κ1) is 15.7. The second kappa shape index (κ2) is 6.68. The third kappa shape index (κ3) is 3.33. The number of aromatic nitrogens is 2. The Bertz CT molecular complexity index is 484. The molecule has 0 amide bonds. The number of hydrogen-bond donors (Lipinski definition) is 0. The number of hydrogen-bond acceptors (Lipinski definition) is 3. The predicted octanol–water partition coefficient (Wildman–Crippen LogP) is 2.01. The van der Waals surface area contributed by atoms with Crippen LogP contribution >= 0.6 is 15.9 Å². The van der Waals surface area contributed by atoms with Crippen molar-refractivity contribution in [2.75, 3.05) is 18.4 Å². The largest absolute Gasteiger partial charge is 0.334 e. The molecule has 1 aromatic heterocycles. The van der Waals surface area contributed by atoms with E-state index in [1.54, 1.807) is 6.20 Å². The molecule has 1 aromatic rings. The van der Waals surface area contributed by atoms with Gasteiger partial charge in [0, 0.05) is 31.2 Å². The molecule has 0 aliphatic heterocycles. The van der Waals surface area contributed by atoms with Gasteiger partial charge in [0.2, 0.25) is 0 Å². The molecular formula is C11H20BrN3O2S. The lowest BCUT2D eigenvalue weighted by Crippen LogP contribution is -2.32.